The van der Waals surface area contributed by atoms with Crippen molar-refractivity contribution in [3.63, 3.8) is 0 Å². The molecular weight excluding hydrogens is 426 g/mol. The van der Waals surface area contributed by atoms with Gasteiger partial charge in [0.15, 0.2) is 10.6 Å². The van der Waals surface area contributed by atoms with E-state index in [0.29, 0.717) is 35.1 Å². The Labute approximate surface area is 182 Å². The third-order valence-corrected chi connectivity index (χ3v) is 5.63. The molecule has 0 radical (unpaired) electrons. The van der Waals surface area contributed by atoms with E-state index in [-0.39, 0.29) is 18.1 Å². The molecule has 0 fully saturated rings. The highest BCUT2D eigenvalue weighted by molar-refractivity contribution is 7.71. The molecule has 2 N–H and O–H groups in total. The highest BCUT2D eigenvalue weighted by atomic mass is 35.5. The van der Waals surface area contributed by atoms with Crippen LogP contribution in [0.5, 0.6) is 0 Å². The molecule has 0 unspecified atom stereocenters. The molecule has 1 amide bonds. The normalized spacial score (nSPS) is 13.2. The number of carbonyl (C=O) groups is 1. The number of aromatic nitrogens is 6. The summed E-state index contributed by atoms with van der Waals surface area (Å²) in [6.07, 6.45) is 3.55. The molecule has 158 valence electrons. The van der Waals surface area contributed by atoms with Gasteiger partial charge in [-0.25, -0.2) is 9.48 Å². The van der Waals surface area contributed by atoms with Crippen molar-refractivity contribution in [3.05, 3.63) is 50.4 Å². The summed E-state index contributed by atoms with van der Waals surface area (Å²) in [5.74, 6) is 1.25. The lowest BCUT2D eigenvalue weighted by Gasteiger charge is -2.09. The van der Waals surface area contributed by atoms with E-state index in [2.05, 4.69) is 20.6 Å². The van der Waals surface area contributed by atoms with Crippen molar-refractivity contribution >= 4 is 29.7 Å². The maximum Gasteiger partial charge on any atom is 0.345 e. The minimum Gasteiger partial charge on any atom is -0.354 e. The summed E-state index contributed by atoms with van der Waals surface area (Å²) in [5, 5.41) is 14.8. The lowest BCUT2D eigenvalue weighted by atomic mass is 10.2. The van der Waals surface area contributed by atoms with E-state index >= 15 is 0 Å². The number of amides is 1. The minimum absolute atomic E-state index is 0.0476. The van der Waals surface area contributed by atoms with Gasteiger partial charge in [-0.3, -0.25) is 19.0 Å². The number of aromatic amines is 1. The summed E-state index contributed by atoms with van der Waals surface area (Å²) < 4.78 is 5.26. The molecule has 0 atom stereocenters. The first-order valence-electron chi connectivity index (χ1n) is 9.87. The monoisotopic (exact) mass is 447 g/mol. The third-order valence-electron chi connectivity index (χ3n) is 5.06. The van der Waals surface area contributed by atoms with Crippen molar-refractivity contribution in [2.24, 2.45) is 0 Å². The molecule has 2 aromatic heterocycles. The smallest absolute Gasteiger partial charge is 0.345 e. The van der Waals surface area contributed by atoms with Crippen LogP contribution in [0.2, 0.25) is 5.02 Å². The topological polar surface area (TPSA) is 103 Å². The number of hydrogen-bond donors (Lipinski definition) is 2. The number of benzene rings is 1. The van der Waals surface area contributed by atoms with Crippen LogP contribution in [0.25, 0.3) is 11.4 Å². The maximum absolute atomic E-state index is 12.4. The first-order chi connectivity index (χ1) is 14.5. The number of aryl methyl sites for hydroxylation is 2. The van der Waals surface area contributed by atoms with Gasteiger partial charge in [-0.05, 0) is 55.7 Å². The van der Waals surface area contributed by atoms with Gasteiger partial charge in [0.05, 0.1) is 0 Å². The number of nitrogens with one attached hydrogen (secondary N) is 2. The number of H-pyrrole nitrogens is 1. The Bertz CT molecular complexity index is 1160. The Balaban J connectivity index is 1.32. The van der Waals surface area contributed by atoms with Gasteiger partial charge in [0.2, 0.25) is 5.91 Å². The standard InChI is InChI=1S/C19H22ClN7O2S/c20-14-7-5-13(6-8-14)17-22-23-18(30)26(17)12-16(28)21-9-3-11-27-19(29)25-10-2-1-4-15(25)24-27/h5-8H,1-4,9-12H2,(H,21,28)(H,23,30). The molecule has 0 saturated carbocycles. The van der Waals surface area contributed by atoms with Crippen molar-refractivity contribution in [3.8, 4) is 11.4 Å². The summed E-state index contributed by atoms with van der Waals surface area (Å²) in [4.78, 5) is 24.7. The van der Waals surface area contributed by atoms with Crippen LogP contribution in [0.15, 0.2) is 29.1 Å². The van der Waals surface area contributed by atoms with Gasteiger partial charge >= 0.3 is 5.69 Å². The van der Waals surface area contributed by atoms with E-state index in [9.17, 15) is 9.59 Å². The Morgan fingerprint density at radius 2 is 2.07 bits per heavy atom. The van der Waals surface area contributed by atoms with Gasteiger partial charge in [-0.1, -0.05) is 11.6 Å². The van der Waals surface area contributed by atoms with Gasteiger partial charge in [0.1, 0.15) is 12.4 Å². The number of nitrogens with zero attached hydrogens (tertiary/aromatic N) is 5. The fourth-order valence-electron chi connectivity index (χ4n) is 3.53. The first kappa shape index (κ1) is 20.5. The molecule has 3 heterocycles. The molecule has 11 heteroatoms. The Kier molecular flexibility index (Phi) is 6.14. The van der Waals surface area contributed by atoms with Crippen LogP contribution in [-0.2, 0) is 30.8 Å². The number of hydrogen-bond acceptors (Lipinski definition) is 5. The summed E-state index contributed by atoms with van der Waals surface area (Å²) >= 11 is 11.2. The van der Waals surface area contributed by atoms with E-state index in [4.69, 9.17) is 23.8 Å². The predicted molar refractivity (Wildman–Crippen MR) is 115 cm³/mol. The molecule has 3 aromatic rings. The zero-order valence-electron chi connectivity index (χ0n) is 16.3. The molecule has 1 aliphatic rings. The fraction of sp³-hybridized carbons (Fsp3) is 0.421. The second-order valence-electron chi connectivity index (χ2n) is 7.18. The second kappa shape index (κ2) is 8.97. The van der Waals surface area contributed by atoms with E-state index in [1.54, 1.807) is 21.3 Å². The molecule has 0 bridgehead atoms. The van der Waals surface area contributed by atoms with Gasteiger partial charge in [0.25, 0.3) is 0 Å². The van der Waals surface area contributed by atoms with Crippen molar-refractivity contribution in [1.29, 1.82) is 0 Å². The summed E-state index contributed by atoms with van der Waals surface area (Å²) in [5.41, 5.74) is 0.746. The second-order valence-corrected chi connectivity index (χ2v) is 8.00. The van der Waals surface area contributed by atoms with E-state index in [1.807, 2.05) is 12.1 Å². The van der Waals surface area contributed by atoms with Gasteiger partial charge in [-0.15, -0.1) is 0 Å². The Morgan fingerprint density at radius 3 is 2.83 bits per heavy atom. The van der Waals surface area contributed by atoms with Crippen LogP contribution in [0.4, 0.5) is 0 Å². The molecule has 1 aliphatic heterocycles. The van der Waals surface area contributed by atoms with E-state index in [0.717, 1.165) is 37.2 Å². The SMILES string of the molecule is O=C(Cn1c(-c2ccc(Cl)cc2)n[nH]c1=S)NCCCn1nc2n(c1=O)CCCC2. The molecule has 9 nitrogen and oxygen atoms in total. The first-order valence-corrected chi connectivity index (χ1v) is 10.7. The van der Waals surface area contributed by atoms with Crippen molar-refractivity contribution in [2.45, 2.75) is 45.3 Å². The van der Waals surface area contributed by atoms with Crippen LogP contribution < -0.4 is 11.0 Å². The lowest BCUT2D eigenvalue weighted by molar-refractivity contribution is -0.121. The molecule has 1 aromatic carbocycles. The lowest BCUT2D eigenvalue weighted by Crippen LogP contribution is -2.31. The summed E-state index contributed by atoms with van der Waals surface area (Å²) in [7, 11) is 0. The highest BCUT2D eigenvalue weighted by Crippen LogP contribution is 2.19. The summed E-state index contributed by atoms with van der Waals surface area (Å²) in [6, 6.07) is 7.16. The molecule has 0 saturated heterocycles. The van der Waals surface area contributed by atoms with Crippen LogP contribution in [0.3, 0.4) is 0 Å². The van der Waals surface area contributed by atoms with E-state index in [1.165, 1.54) is 4.68 Å². The predicted octanol–water partition coefficient (Wildman–Crippen LogP) is 2.16. The molecule has 0 spiro atoms. The number of fused-ring (bicyclic) bond motifs is 1. The Hall–Kier alpha value is -2.72. The van der Waals surface area contributed by atoms with E-state index < -0.39 is 0 Å². The van der Waals surface area contributed by atoms with Crippen molar-refractivity contribution in [2.75, 3.05) is 6.54 Å². The number of halogens is 1. The van der Waals surface area contributed by atoms with Gasteiger partial charge in [-0.2, -0.15) is 10.2 Å². The largest absolute Gasteiger partial charge is 0.354 e. The number of carbonyl (C=O) groups excluding carboxylic acids is 1. The summed E-state index contributed by atoms with van der Waals surface area (Å²) in [6.45, 7) is 1.70. The van der Waals surface area contributed by atoms with Crippen molar-refractivity contribution < 1.29 is 4.79 Å². The Morgan fingerprint density at radius 1 is 1.27 bits per heavy atom. The number of rotatable bonds is 7. The maximum atomic E-state index is 12.4. The molecular formula is C19H22ClN7O2S. The van der Waals surface area contributed by atoms with Crippen molar-refractivity contribution in [1.82, 2.24) is 34.4 Å². The van der Waals surface area contributed by atoms with Crippen LogP contribution >= 0.6 is 23.8 Å². The highest BCUT2D eigenvalue weighted by Gasteiger charge is 2.16. The minimum atomic E-state index is -0.181. The quantitative estimate of drug-likeness (QED) is 0.427. The van der Waals surface area contributed by atoms with Gasteiger partial charge in [0, 0.05) is 36.6 Å². The van der Waals surface area contributed by atoms with Gasteiger partial charge < -0.3 is 5.32 Å². The average Bonchev–Trinajstić information content (AvgIpc) is 3.26. The van der Waals surface area contributed by atoms with Crippen LogP contribution in [0.1, 0.15) is 25.1 Å². The molecule has 0 aliphatic carbocycles. The average molecular weight is 448 g/mol. The zero-order valence-corrected chi connectivity index (χ0v) is 17.9. The van der Waals surface area contributed by atoms with Crippen LogP contribution in [-0.4, -0.2) is 41.6 Å². The molecule has 30 heavy (non-hydrogen) atoms. The third kappa shape index (κ3) is 4.39. The fourth-order valence-corrected chi connectivity index (χ4v) is 3.86. The zero-order chi connectivity index (χ0) is 21.1. The molecule has 4 rings (SSSR count). The van der Waals surface area contributed by atoms with Crippen LogP contribution in [0, 0.1) is 4.77 Å².